The molecule has 0 saturated carbocycles. The molecular formula is C14H21NO3. The van der Waals surface area contributed by atoms with Crippen molar-refractivity contribution >= 4 is 11.9 Å². The summed E-state index contributed by atoms with van der Waals surface area (Å²) in [6.07, 6.45) is 0.659. The van der Waals surface area contributed by atoms with Crippen molar-refractivity contribution < 1.29 is 14.3 Å². The Morgan fingerprint density at radius 1 is 1.39 bits per heavy atom. The predicted molar refractivity (Wildman–Crippen MR) is 69.0 cm³/mol. The molecule has 0 aliphatic carbocycles. The van der Waals surface area contributed by atoms with Gasteiger partial charge >= 0.3 is 6.09 Å². The van der Waals surface area contributed by atoms with Gasteiger partial charge in [0.05, 0.1) is 6.42 Å². The summed E-state index contributed by atoms with van der Waals surface area (Å²) in [5.41, 5.74) is -0.493. The number of ether oxygens (including phenoxy) is 1. The topological polar surface area (TPSA) is 46.6 Å². The highest BCUT2D eigenvalue weighted by Crippen LogP contribution is 2.20. The van der Waals surface area contributed by atoms with Gasteiger partial charge in [-0.1, -0.05) is 5.92 Å². The summed E-state index contributed by atoms with van der Waals surface area (Å²) in [7, 11) is 0. The highest BCUT2D eigenvalue weighted by molar-refractivity contribution is 5.84. The van der Waals surface area contributed by atoms with Gasteiger partial charge in [0.2, 0.25) is 0 Å². The number of carbonyl (C=O) groups excluding carboxylic acids is 2. The number of nitrogens with zero attached hydrogens (tertiary/aromatic N) is 1. The number of hydrogen-bond acceptors (Lipinski definition) is 3. The molecule has 4 nitrogen and oxygen atoms in total. The molecule has 0 aromatic rings. The summed E-state index contributed by atoms with van der Waals surface area (Å²) in [5.74, 6) is 5.52. The van der Waals surface area contributed by atoms with Gasteiger partial charge in [-0.05, 0) is 34.1 Å². The van der Waals surface area contributed by atoms with Crippen LogP contribution in [0.25, 0.3) is 0 Å². The predicted octanol–water partition coefficient (Wildman–Crippen LogP) is 2.23. The molecule has 1 atom stereocenters. The Labute approximate surface area is 109 Å². The van der Waals surface area contributed by atoms with Crippen LogP contribution in [0.2, 0.25) is 0 Å². The van der Waals surface area contributed by atoms with Crippen molar-refractivity contribution in [3.8, 4) is 11.8 Å². The number of Topliss-reactive ketones (excluding diaryl/α,β-unsaturated/α-hetero) is 1. The van der Waals surface area contributed by atoms with Crippen molar-refractivity contribution in [1.29, 1.82) is 0 Å². The van der Waals surface area contributed by atoms with Gasteiger partial charge in [-0.25, -0.2) is 4.79 Å². The minimum atomic E-state index is -0.493. The normalized spacial score (nSPS) is 19.1. The van der Waals surface area contributed by atoms with Crippen LogP contribution in [-0.4, -0.2) is 35.5 Å². The molecular weight excluding hydrogens is 230 g/mol. The van der Waals surface area contributed by atoms with Gasteiger partial charge in [-0.15, -0.1) is 5.92 Å². The second-order valence-corrected chi connectivity index (χ2v) is 5.48. The Balaban J connectivity index is 2.47. The highest BCUT2D eigenvalue weighted by atomic mass is 16.6. The van der Waals surface area contributed by atoms with Crippen molar-refractivity contribution in [2.45, 2.75) is 46.1 Å². The minimum absolute atomic E-state index is 0.0848. The molecule has 0 bridgehead atoms. The number of rotatable bonds is 2. The molecule has 1 amide bonds. The van der Waals surface area contributed by atoms with Gasteiger partial charge < -0.3 is 9.64 Å². The first kappa shape index (κ1) is 14.6. The third-order valence-electron chi connectivity index (χ3n) is 2.73. The number of likely N-dealkylation sites (tertiary alicyclic amines) is 1. The maximum Gasteiger partial charge on any atom is 0.410 e. The van der Waals surface area contributed by atoms with Crippen LogP contribution in [0.15, 0.2) is 0 Å². The Morgan fingerprint density at radius 2 is 2.06 bits per heavy atom. The molecule has 0 aromatic carbocycles. The van der Waals surface area contributed by atoms with E-state index in [1.165, 1.54) is 0 Å². The zero-order valence-electron chi connectivity index (χ0n) is 11.6. The molecule has 1 aliphatic heterocycles. The second-order valence-electron chi connectivity index (χ2n) is 5.48. The minimum Gasteiger partial charge on any atom is -0.444 e. The first-order valence-electron chi connectivity index (χ1n) is 6.23. The van der Waals surface area contributed by atoms with Gasteiger partial charge in [-0.2, -0.15) is 0 Å². The first-order valence-corrected chi connectivity index (χ1v) is 6.23. The third kappa shape index (κ3) is 4.40. The molecule has 0 spiro atoms. The van der Waals surface area contributed by atoms with Crippen LogP contribution in [0, 0.1) is 17.8 Å². The number of ketones is 1. The summed E-state index contributed by atoms with van der Waals surface area (Å²) < 4.78 is 5.28. The van der Waals surface area contributed by atoms with E-state index in [4.69, 9.17) is 4.74 Å². The quantitative estimate of drug-likeness (QED) is 0.707. The zero-order valence-corrected chi connectivity index (χ0v) is 11.6. The van der Waals surface area contributed by atoms with Crippen molar-refractivity contribution in [3.63, 3.8) is 0 Å². The molecule has 100 valence electrons. The van der Waals surface area contributed by atoms with Gasteiger partial charge in [-0.3, -0.25) is 4.79 Å². The summed E-state index contributed by atoms with van der Waals surface area (Å²) in [6, 6.07) is 0. The summed E-state index contributed by atoms with van der Waals surface area (Å²) in [5, 5.41) is 0. The maximum absolute atomic E-state index is 11.8. The first-order chi connectivity index (χ1) is 8.33. The smallest absolute Gasteiger partial charge is 0.410 e. The van der Waals surface area contributed by atoms with E-state index < -0.39 is 5.60 Å². The molecule has 0 aromatic heterocycles. The van der Waals surface area contributed by atoms with E-state index in [0.717, 1.165) is 0 Å². The lowest BCUT2D eigenvalue weighted by molar-refractivity contribution is -0.121. The van der Waals surface area contributed by atoms with Crippen LogP contribution in [0.5, 0.6) is 0 Å². The van der Waals surface area contributed by atoms with Crippen molar-refractivity contribution in [2.75, 3.05) is 13.1 Å². The summed E-state index contributed by atoms with van der Waals surface area (Å²) >= 11 is 0. The molecule has 0 N–H and O–H groups in total. The fourth-order valence-electron chi connectivity index (χ4n) is 1.84. The molecule has 1 fully saturated rings. The Hall–Kier alpha value is -1.50. The van der Waals surface area contributed by atoms with Gasteiger partial charge in [0, 0.05) is 19.0 Å². The molecule has 1 saturated heterocycles. The monoisotopic (exact) mass is 251 g/mol. The van der Waals surface area contributed by atoms with E-state index in [1.54, 1.807) is 11.8 Å². The fraction of sp³-hybridized carbons (Fsp3) is 0.714. The maximum atomic E-state index is 11.8. The van der Waals surface area contributed by atoms with Crippen LogP contribution < -0.4 is 0 Å². The second kappa shape index (κ2) is 5.90. The lowest BCUT2D eigenvalue weighted by Gasteiger charge is -2.24. The average Bonchev–Trinajstić information content (AvgIpc) is 2.72. The van der Waals surface area contributed by atoms with Gasteiger partial charge in [0.1, 0.15) is 11.4 Å². The SMILES string of the molecule is CC#CCC(=O)[C@H]1CCN(C(=O)OC(C)(C)C)C1. The number of carbonyl (C=O) groups is 2. The van der Waals surface area contributed by atoms with E-state index in [0.29, 0.717) is 19.5 Å². The Kier molecular flexibility index (Phi) is 4.77. The molecule has 4 heteroatoms. The molecule has 0 unspecified atom stereocenters. The van der Waals surface area contributed by atoms with Crippen molar-refractivity contribution in [1.82, 2.24) is 4.90 Å². The average molecular weight is 251 g/mol. The van der Waals surface area contributed by atoms with E-state index in [-0.39, 0.29) is 24.2 Å². The summed E-state index contributed by atoms with van der Waals surface area (Å²) in [4.78, 5) is 25.2. The molecule has 0 radical (unpaired) electrons. The lowest BCUT2D eigenvalue weighted by Crippen LogP contribution is -2.35. The van der Waals surface area contributed by atoms with Crippen LogP contribution >= 0.6 is 0 Å². The Morgan fingerprint density at radius 3 is 2.61 bits per heavy atom. The molecule has 1 aliphatic rings. The van der Waals surface area contributed by atoms with E-state index in [2.05, 4.69) is 11.8 Å². The third-order valence-corrected chi connectivity index (χ3v) is 2.73. The Bertz CT molecular complexity index is 384. The molecule has 18 heavy (non-hydrogen) atoms. The highest BCUT2D eigenvalue weighted by Gasteiger charge is 2.32. The van der Waals surface area contributed by atoms with Crippen molar-refractivity contribution in [2.24, 2.45) is 5.92 Å². The number of amides is 1. The van der Waals surface area contributed by atoms with Crippen LogP contribution in [0.4, 0.5) is 4.79 Å². The van der Waals surface area contributed by atoms with E-state index in [9.17, 15) is 9.59 Å². The summed E-state index contributed by atoms with van der Waals surface area (Å²) in [6.45, 7) is 8.26. The van der Waals surface area contributed by atoms with Crippen molar-refractivity contribution in [3.05, 3.63) is 0 Å². The standard InChI is InChI=1S/C14H21NO3/c1-5-6-7-12(16)11-8-9-15(10-11)13(17)18-14(2,3)4/h11H,7-10H2,1-4H3/t11-/m0/s1. The lowest BCUT2D eigenvalue weighted by atomic mass is 10.0. The number of hydrogen-bond donors (Lipinski definition) is 0. The van der Waals surface area contributed by atoms with E-state index >= 15 is 0 Å². The largest absolute Gasteiger partial charge is 0.444 e. The van der Waals surface area contributed by atoms with Crippen LogP contribution in [0.3, 0.4) is 0 Å². The van der Waals surface area contributed by atoms with E-state index in [1.807, 2.05) is 20.8 Å². The molecule has 1 heterocycles. The van der Waals surface area contributed by atoms with Gasteiger partial charge in [0.15, 0.2) is 0 Å². The van der Waals surface area contributed by atoms with Crippen LogP contribution in [-0.2, 0) is 9.53 Å². The van der Waals surface area contributed by atoms with Gasteiger partial charge in [0.25, 0.3) is 0 Å². The fourth-order valence-corrected chi connectivity index (χ4v) is 1.84. The van der Waals surface area contributed by atoms with Crippen LogP contribution in [0.1, 0.15) is 40.5 Å². The zero-order chi connectivity index (χ0) is 13.8. The molecule has 1 rings (SSSR count).